The minimum atomic E-state index is 0.693. The fraction of sp³-hybridized carbons (Fsp3) is 0.818. The highest BCUT2D eigenvalue weighted by atomic mass is 14.9. The lowest BCUT2D eigenvalue weighted by atomic mass is 10.1. The third-order valence-corrected chi connectivity index (χ3v) is 2.27. The molecule has 0 amide bonds. The van der Waals surface area contributed by atoms with Crippen LogP contribution in [0.3, 0.4) is 0 Å². The van der Waals surface area contributed by atoms with Crippen LogP contribution in [0.1, 0.15) is 46.5 Å². The first-order valence-electron chi connectivity index (χ1n) is 5.14. The monoisotopic (exact) mass is 169 g/mol. The summed E-state index contributed by atoms with van der Waals surface area (Å²) >= 11 is 0. The molecule has 0 aromatic heterocycles. The van der Waals surface area contributed by atoms with Crippen LogP contribution in [0.5, 0.6) is 0 Å². The highest BCUT2D eigenvalue weighted by Crippen LogP contribution is 2.02. The van der Waals surface area contributed by atoms with Crippen LogP contribution in [-0.4, -0.2) is 12.6 Å². The number of rotatable bonds is 7. The van der Waals surface area contributed by atoms with Gasteiger partial charge in [-0.3, -0.25) is 0 Å². The number of nitrogens with one attached hydrogen (secondary N) is 1. The van der Waals surface area contributed by atoms with E-state index >= 15 is 0 Å². The fourth-order valence-electron chi connectivity index (χ4n) is 1.21. The summed E-state index contributed by atoms with van der Waals surface area (Å²) < 4.78 is 0. The zero-order valence-corrected chi connectivity index (χ0v) is 8.82. The molecule has 0 radical (unpaired) electrons. The van der Waals surface area contributed by atoms with E-state index < -0.39 is 0 Å². The molecule has 0 rings (SSSR count). The summed E-state index contributed by atoms with van der Waals surface area (Å²) in [6, 6.07) is 0.693. The predicted molar refractivity (Wildman–Crippen MR) is 56.4 cm³/mol. The Balaban J connectivity index is 3.50. The lowest BCUT2D eigenvalue weighted by Crippen LogP contribution is -2.29. The molecule has 0 spiro atoms. The van der Waals surface area contributed by atoms with Crippen LogP contribution in [0.4, 0.5) is 0 Å². The van der Waals surface area contributed by atoms with E-state index in [1.54, 1.807) is 0 Å². The van der Waals surface area contributed by atoms with Gasteiger partial charge in [-0.25, -0.2) is 0 Å². The molecule has 0 aromatic rings. The fourth-order valence-corrected chi connectivity index (χ4v) is 1.21. The quantitative estimate of drug-likeness (QED) is 0.577. The first-order chi connectivity index (χ1) is 5.74. The molecular formula is C11H23N. The SMILES string of the molecule is C=C(CC)CNC(CC)CCC. The maximum Gasteiger partial charge on any atom is 0.0164 e. The van der Waals surface area contributed by atoms with Crippen molar-refractivity contribution in [2.75, 3.05) is 6.54 Å². The molecule has 1 nitrogen and oxygen atoms in total. The largest absolute Gasteiger partial charge is 0.310 e. The molecule has 1 unspecified atom stereocenters. The molecule has 0 bridgehead atoms. The summed E-state index contributed by atoms with van der Waals surface area (Å²) in [5.74, 6) is 0. The number of hydrogen-bond donors (Lipinski definition) is 1. The van der Waals surface area contributed by atoms with Crippen molar-refractivity contribution in [2.45, 2.75) is 52.5 Å². The Hall–Kier alpha value is -0.300. The summed E-state index contributed by atoms with van der Waals surface area (Å²) in [5, 5.41) is 3.52. The van der Waals surface area contributed by atoms with Crippen molar-refractivity contribution in [1.29, 1.82) is 0 Å². The van der Waals surface area contributed by atoms with Gasteiger partial charge in [-0.1, -0.05) is 39.3 Å². The van der Waals surface area contributed by atoms with Crippen molar-refractivity contribution in [1.82, 2.24) is 5.32 Å². The summed E-state index contributed by atoms with van der Waals surface area (Å²) in [5.41, 5.74) is 1.31. The van der Waals surface area contributed by atoms with Crippen LogP contribution in [-0.2, 0) is 0 Å². The van der Waals surface area contributed by atoms with Gasteiger partial charge in [0.2, 0.25) is 0 Å². The molecule has 0 fully saturated rings. The maximum atomic E-state index is 3.98. The van der Waals surface area contributed by atoms with E-state index in [1.165, 1.54) is 24.8 Å². The van der Waals surface area contributed by atoms with Crippen molar-refractivity contribution >= 4 is 0 Å². The van der Waals surface area contributed by atoms with Crippen molar-refractivity contribution in [3.05, 3.63) is 12.2 Å². The topological polar surface area (TPSA) is 12.0 Å². The van der Waals surface area contributed by atoms with Crippen LogP contribution in [0, 0.1) is 0 Å². The van der Waals surface area contributed by atoms with E-state index in [0.29, 0.717) is 6.04 Å². The lowest BCUT2D eigenvalue weighted by molar-refractivity contribution is 0.479. The molecule has 72 valence electrons. The van der Waals surface area contributed by atoms with Crippen LogP contribution in [0.15, 0.2) is 12.2 Å². The van der Waals surface area contributed by atoms with Gasteiger partial charge in [0.05, 0.1) is 0 Å². The third-order valence-electron chi connectivity index (χ3n) is 2.27. The van der Waals surface area contributed by atoms with Gasteiger partial charge in [0, 0.05) is 12.6 Å². The first kappa shape index (κ1) is 11.7. The predicted octanol–water partition coefficient (Wildman–Crippen LogP) is 3.12. The molecule has 0 aliphatic rings. The van der Waals surface area contributed by atoms with E-state index in [2.05, 4.69) is 32.7 Å². The first-order valence-corrected chi connectivity index (χ1v) is 5.14. The van der Waals surface area contributed by atoms with Gasteiger partial charge in [-0.2, -0.15) is 0 Å². The summed E-state index contributed by atoms with van der Waals surface area (Å²) in [7, 11) is 0. The Morgan fingerprint density at radius 2 is 2.00 bits per heavy atom. The maximum absolute atomic E-state index is 3.98. The minimum Gasteiger partial charge on any atom is -0.310 e. The third kappa shape index (κ3) is 5.36. The molecule has 12 heavy (non-hydrogen) atoms. The molecule has 1 N–H and O–H groups in total. The van der Waals surface area contributed by atoms with Gasteiger partial charge in [0.1, 0.15) is 0 Å². The van der Waals surface area contributed by atoms with Crippen molar-refractivity contribution in [3.8, 4) is 0 Å². The molecule has 0 aliphatic carbocycles. The van der Waals surface area contributed by atoms with Gasteiger partial charge in [0.25, 0.3) is 0 Å². The summed E-state index contributed by atoms with van der Waals surface area (Å²) in [4.78, 5) is 0. The van der Waals surface area contributed by atoms with E-state index in [9.17, 15) is 0 Å². The Bertz CT molecular complexity index is 118. The van der Waals surface area contributed by atoms with E-state index in [0.717, 1.165) is 13.0 Å². The van der Waals surface area contributed by atoms with Crippen molar-refractivity contribution in [2.24, 2.45) is 0 Å². The Morgan fingerprint density at radius 3 is 2.42 bits per heavy atom. The molecule has 0 saturated carbocycles. The normalized spacial score (nSPS) is 12.9. The summed E-state index contributed by atoms with van der Waals surface area (Å²) in [6.07, 6.45) is 4.87. The average Bonchev–Trinajstić information content (AvgIpc) is 2.11. The van der Waals surface area contributed by atoms with Crippen molar-refractivity contribution < 1.29 is 0 Å². The van der Waals surface area contributed by atoms with Gasteiger partial charge in [-0.15, -0.1) is 0 Å². The van der Waals surface area contributed by atoms with Gasteiger partial charge in [-0.05, 0) is 19.3 Å². The number of hydrogen-bond acceptors (Lipinski definition) is 1. The van der Waals surface area contributed by atoms with E-state index in [4.69, 9.17) is 0 Å². The minimum absolute atomic E-state index is 0.693. The smallest absolute Gasteiger partial charge is 0.0164 e. The second kappa shape index (κ2) is 7.35. The zero-order chi connectivity index (χ0) is 9.40. The van der Waals surface area contributed by atoms with Gasteiger partial charge in [0.15, 0.2) is 0 Å². The van der Waals surface area contributed by atoms with Crippen LogP contribution in [0.2, 0.25) is 0 Å². The van der Waals surface area contributed by atoms with Gasteiger partial charge < -0.3 is 5.32 Å². The second-order valence-corrected chi connectivity index (χ2v) is 3.38. The van der Waals surface area contributed by atoms with Crippen molar-refractivity contribution in [3.63, 3.8) is 0 Å². The lowest BCUT2D eigenvalue weighted by Gasteiger charge is -2.16. The van der Waals surface area contributed by atoms with E-state index in [1.807, 2.05) is 0 Å². The molecule has 1 heteroatoms. The Kier molecular flexibility index (Phi) is 7.17. The van der Waals surface area contributed by atoms with Crippen LogP contribution in [0.25, 0.3) is 0 Å². The highest BCUT2D eigenvalue weighted by molar-refractivity contribution is 4.95. The molecule has 0 aromatic carbocycles. The van der Waals surface area contributed by atoms with Crippen LogP contribution >= 0.6 is 0 Å². The highest BCUT2D eigenvalue weighted by Gasteiger charge is 2.02. The molecule has 0 saturated heterocycles. The second-order valence-electron chi connectivity index (χ2n) is 3.38. The average molecular weight is 169 g/mol. The van der Waals surface area contributed by atoms with E-state index in [-0.39, 0.29) is 0 Å². The molecule has 0 aliphatic heterocycles. The Labute approximate surface area is 77.2 Å². The Morgan fingerprint density at radius 1 is 1.33 bits per heavy atom. The summed E-state index contributed by atoms with van der Waals surface area (Å²) in [6.45, 7) is 11.6. The standard InChI is InChI=1S/C11H23N/c1-5-8-11(7-3)12-9-10(4)6-2/h11-12H,4-9H2,1-3H3. The molecular weight excluding hydrogens is 146 g/mol. The molecule has 1 atom stereocenters. The van der Waals surface area contributed by atoms with Gasteiger partial charge >= 0.3 is 0 Å². The van der Waals surface area contributed by atoms with Crippen LogP contribution < -0.4 is 5.32 Å². The molecule has 0 heterocycles. The zero-order valence-electron chi connectivity index (χ0n) is 8.82.